The average Bonchev–Trinajstić information content (AvgIpc) is 3.47. The summed E-state index contributed by atoms with van der Waals surface area (Å²) in [5.74, 6) is -0.147. The summed E-state index contributed by atoms with van der Waals surface area (Å²) in [6.07, 6.45) is 0.961. The number of amides is 1. The van der Waals surface area contributed by atoms with Gasteiger partial charge in [0.15, 0.2) is 11.3 Å². The molecule has 1 N–H and O–H groups in total. The van der Waals surface area contributed by atoms with E-state index in [1.807, 2.05) is 66.7 Å². The van der Waals surface area contributed by atoms with Crippen LogP contribution < -0.4 is 5.32 Å². The second-order valence-electron chi connectivity index (χ2n) is 8.61. The van der Waals surface area contributed by atoms with Crippen molar-refractivity contribution in [3.8, 4) is 22.5 Å². The molecule has 0 saturated carbocycles. The molecule has 1 atom stereocenters. The number of nitrogens with one attached hydrogen (secondary N) is 1. The first-order valence-electron chi connectivity index (χ1n) is 11.1. The molecule has 6 nitrogen and oxygen atoms in total. The Labute approximate surface area is 187 Å². The zero-order valence-electron chi connectivity index (χ0n) is 18.4. The van der Waals surface area contributed by atoms with E-state index in [9.17, 15) is 4.79 Å². The lowest BCUT2D eigenvalue weighted by Crippen LogP contribution is -2.38. The fraction of sp³-hybridized carbons (Fsp3) is 0.269. The maximum absolute atomic E-state index is 13.0. The van der Waals surface area contributed by atoms with E-state index in [1.54, 1.807) is 10.6 Å². The summed E-state index contributed by atoms with van der Waals surface area (Å²) in [6, 6.07) is 24.6. The van der Waals surface area contributed by atoms with E-state index < -0.39 is 0 Å². The SMILES string of the molecule is CC(C)N1CCC(NC(=O)c2cc3nc(-c4ccccc4)cc(-c4ccccc4)n3n2)C1. The van der Waals surface area contributed by atoms with E-state index in [-0.39, 0.29) is 11.9 Å². The fourth-order valence-corrected chi connectivity index (χ4v) is 4.29. The van der Waals surface area contributed by atoms with E-state index in [0.717, 1.165) is 42.0 Å². The van der Waals surface area contributed by atoms with Gasteiger partial charge in [-0.05, 0) is 26.3 Å². The van der Waals surface area contributed by atoms with Crippen molar-refractivity contribution in [1.82, 2.24) is 24.8 Å². The van der Waals surface area contributed by atoms with Gasteiger partial charge in [-0.2, -0.15) is 5.10 Å². The molecule has 1 aliphatic heterocycles. The molecule has 3 heterocycles. The van der Waals surface area contributed by atoms with E-state index in [2.05, 4.69) is 29.2 Å². The number of fused-ring (bicyclic) bond motifs is 1. The molecule has 4 aromatic rings. The molecular weight excluding hydrogens is 398 g/mol. The monoisotopic (exact) mass is 425 g/mol. The van der Waals surface area contributed by atoms with Crippen molar-refractivity contribution >= 4 is 11.6 Å². The standard InChI is InChI=1S/C26H27N5O/c1-18(2)30-14-13-21(17-30)27-26(32)23-16-25-28-22(19-9-5-3-6-10-19)15-24(31(25)29-23)20-11-7-4-8-12-20/h3-12,15-16,18,21H,13-14,17H2,1-2H3,(H,27,32). The number of hydrogen-bond donors (Lipinski definition) is 1. The van der Waals surface area contributed by atoms with E-state index >= 15 is 0 Å². The van der Waals surface area contributed by atoms with Crippen LogP contribution in [0.25, 0.3) is 28.2 Å². The molecule has 0 spiro atoms. The largest absolute Gasteiger partial charge is 0.347 e. The highest BCUT2D eigenvalue weighted by Crippen LogP contribution is 2.26. The lowest BCUT2D eigenvalue weighted by atomic mass is 10.1. The molecule has 0 bridgehead atoms. The van der Waals surface area contributed by atoms with E-state index in [4.69, 9.17) is 4.98 Å². The van der Waals surface area contributed by atoms with Gasteiger partial charge >= 0.3 is 0 Å². The lowest BCUT2D eigenvalue weighted by molar-refractivity contribution is 0.0931. The summed E-state index contributed by atoms with van der Waals surface area (Å²) in [4.78, 5) is 20.2. The van der Waals surface area contributed by atoms with Crippen LogP contribution in [0, 0.1) is 0 Å². The number of likely N-dealkylation sites (tertiary alicyclic amines) is 1. The summed E-state index contributed by atoms with van der Waals surface area (Å²) in [5.41, 5.74) is 4.86. The fourth-order valence-electron chi connectivity index (χ4n) is 4.29. The first-order chi connectivity index (χ1) is 15.6. The summed E-state index contributed by atoms with van der Waals surface area (Å²) >= 11 is 0. The van der Waals surface area contributed by atoms with Gasteiger partial charge in [0, 0.05) is 42.4 Å². The minimum atomic E-state index is -0.147. The molecular formula is C26H27N5O. The number of nitrogens with zero attached hydrogens (tertiary/aromatic N) is 4. The van der Waals surface area contributed by atoms with Gasteiger partial charge in [-0.1, -0.05) is 60.7 Å². The number of aromatic nitrogens is 3. The molecule has 1 amide bonds. The van der Waals surface area contributed by atoms with Crippen LogP contribution in [0.15, 0.2) is 72.8 Å². The number of benzene rings is 2. The zero-order valence-corrected chi connectivity index (χ0v) is 18.4. The van der Waals surface area contributed by atoms with Gasteiger partial charge in [-0.15, -0.1) is 0 Å². The molecule has 1 fully saturated rings. The molecule has 1 saturated heterocycles. The topological polar surface area (TPSA) is 62.5 Å². The Hall–Kier alpha value is -3.51. The highest BCUT2D eigenvalue weighted by molar-refractivity contribution is 5.94. The summed E-state index contributed by atoms with van der Waals surface area (Å²) in [5, 5.41) is 7.81. The van der Waals surface area contributed by atoms with E-state index in [1.165, 1.54) is 0 Å². The maximum atomic E-state index is 13.0. The molecule has 32 heavy (non-hydrogen) atoms. The first-order valence-corrected chi connectivity index (χ1v) is 11.1. The average molecular weight is 426 g/mol. The molecule has 162 valence electrons. The third-order valence-electron chi connectivity index (χ3n) is 6.08. The normalized spacial score (nSPS) is 16.7. The van der Waals surface area contributed by atoms with Crippen molar-refractivity contribution in [1.29, 1.82) is 0 Å². The summed E-state index contributed by atoms with van der Waals surface area (Å²) in [7, 11) is 0. The quantitative estimate of drug-likeness (QED) is 0.519. The Bertz CT molecular complexity index is 1230. The van der Waals surface area contributed by atoms with Gasteiger partial charge in [-0.3, -0.25) is 9.69 Å². The lowest BCUT2D eigenvalue weighted by Gasteiger charge is -2.20. The van der Waals surface area contributed by atoms with Crippen LogP contribution in [0.4, 0.5) is 0 Å². The molecule has 2 aromatic heterocycles. The summed E-state index contributed by atoms with van der Waals surface area (Å²) in [6.45, 7) is 6.26. The van der Waals surface area contributed by atoms with Gasteiger partial charge in [-0.25, -0.2) is 9.50 Å². The van der Waals surface area contributed by atoms with Crippen molar-refractivity contribution in [2.75, 3.05) is 13.1 Å². The van der Waals surface area contributed by atoms with Gasteiger partial charge in [0.05, 0.1) is 11.4 Å². The summed E-state index contributed by atoms with van der Waals surface area (Å²) < 4.78 is 1.77. The predicted molar refractivity (Wildman–Crippen MR) is 126 cm³/mol. The Morgan fingerprint density at radius 1 is 1.00 bits per heavy atom. The molecule has 1 unspecified atom stereocenters. The third kappa shape index (κ3) is 4.01. The Balaban J connectivity index is 1.51. The van der Waals surface area contributed by atoms with Gasteiger partial charge in [0.1, 0.15) is 0 Å². The first kappa shape index (κ1) is 20.4. The van der Waals surface area contributed by atoms with Crippen molar-refractivity contribution < 1.29 is 4.79 Å². The van der Waals surface area contributed by atoms with Crippen LogP contribution in [0.2, 0.25) is 0 Å². The molecule has 0 aliphatic carbocycles. The number of carbonyl (C=O) groups is 1. The Morgan fingerprint density at radius 2 is 1.69 bits per heavy atom. The van der Waals surface area contributed by atoms with Gasteiger partial charge in [0.25, 0.3) is 5.91 Å². The third-order valence-corrected chi connectivity index (χ3v) is 6.08. The van der Waals surface area contributed by atoms with Crippen molar-refractivity contribution in [3.05, 3.63) is 78.5 Å². The van der Waals surface area contributed by atoms with E-state index in [0.29, 0.717) is 17.4 Å². The van der Waals surface area contributed by atoms with Crippen LogP contribution in [0.5, 0.6) is 0 Å². The second-order valence-corrected chi connectivity index (χ2v) is 8.61. The predicted octanol–water partition coefficient (Wildman–Crippen LogP) is 4.28. The highest BCUT2D eigenvalue weighted by atomic mass is 16.2. The molecule has 1 aliphatic rings. The molecule has 6 heteroatoms. The van der Waals surface area contributed by atoms with Crippen molar-refractivity contribution in [3.63, 3.8) is 0 Å². The van der Waals surface area contributed by atoms with Crippen LogP contribution in [-0.4, -0.2) is 50.6 Å². The molecule has 2 aromatic carbocycles. The minimum absolute atomic E-state index is 0.147. The van der Waals surface area contributed by atoms with Crippen LogP contribution in [0.3, 0.4) is 0 Å². The van der Waals surface area contributed by atoms with Crippen LogP contribution in [0.1, 0.15) is 30.8 Å². The van der Waals surface area contributed by atoms with Crippen LogP contribution >= 0.6 is 0 Å². The smallest absolute Gasteiger partial charge is 0.272 e. The van der Waals surface area contributed by atoms with Crippen molar-refractivity contribution in [2.45, 2.75) is 32.4 Å². The Kier molecular flexibility index (Phi) is 5.45. The molecule has 5 rings (SSSR count). The molecule has 0 radical (unpaired) electrons. The van der Waals surface area contributed by atoms with Gasteiger partial charge < -0.3 is 5.32 Å². The number of rotatable bonds is 5. The van der Waals surface area contributed by atoms with Crippen molar-refractivity contribution in [2.24, 2.45) is 0 Å². The number of carbonyl (C=O) groups excluding carboxylic acids is 1. The zero-order chi connectivity index (χ0) is 22.1. The number of hydrogen-bond acceptors (Lipinski definition) is 4. The Morgan fingerprint density at radius 3 is 2.34 bits per heavy atom. The minimum Gasteiger partial charge on any atom is -0.347 e. The highest BCUT2D eigenvalue weighted by Gasteiger charge is 2.26. The second kappa shape index (κ2) is 8.55. The van der Waals surface area contributed by atoms with Gasteiger partial charge in [0.2, 0.25) is 0 Å². The maximum Gasteiger partial charge on any atom is 0.272 e. The van der Waals surface area contributed by atoms with Crippen LogP contribution in [-0.2, 0) is 0 Å².